The first-order valence-corrected chi connectivity index (χ1v) is 7.60. The second-order valence-corrected chi connectivity index (χ2v) is 6.87. The van der Waals surface area contributed by atoms with Crippen molar-refractivity contribution in [1.29, 1.82) is 0 Å². The average Bonchev–Trinajstić information content (AvgIpc) is 2.65. The van der Waals surface area contributed by atoms with Gasteiger partial charge in [-0.05, 0) is 58.2 Å². The molecule has 0 atom stereocenters. The van der Waals surface area contributed by atoms with E-state index in [1.54, 1.807) is 0 Å². The van der Waals surface area contributed by atoms with Crippen molar-refractivity contribution in [3.8, 4) is 0 Å². The second kappa shape index (κ2) is 6.02. The van der Waals surface area contributed by atoms with E-state index < -0.39 is 0 Å². The predicted octanol–water partition coefficient (Wildman–Crippen LogP) is 3.74. The minimum absolute atomic E-state index is 0.153. The van der Waals surface area contributed by atoms with E-state index >= 15 is 0 Å². The number of hydrogen-bond acceptors (Lipinski definition) is 2. The van der Waals surface area contributed by atoms with Gasteiger partial charge in [-0.15, -0.1) is 0 Å². The number of rotatable bonds is 4. The maximum Gasteiger partial charge on any atom is 0.0662 e. The number of aryl methyl sites for hydroxylation is 1. The Morgan fingerprint density at radius 2 is 1.57 bits per heavy atom. The normalized spacial score (nSPS) is 11.9. The first-order chi connectivity index (χ1) is 9.76. The first-order valence-electron chi connectivity index (χ1n) is 7.60. The van der Waals surface area contributed by atoms with Crippen molar-refractivity contribution in [3.63, 3.8) is 0 Å². The Bertz CT molecular complexity index is 601. The maximum absolute atomic E-state index is 4.60. The molecule has 3 nitrogen and oxygen atoms in total. The van der Waals surface area contributed by atoms with E-state index in [2.05, 4.69) is 80.9 Å². The molecule has 0 aliphatic heterocycles. The van der Waals surface area contributed by atoms with Gasteiger partial charge in [0.15, 0.2) is 0 Å². The van der Waals surface area contributed by atoms with Gasteiger partial charge in [-0.2, -0.15) is 5.10 Å². The molecule has 0 saturated heterocycles. The summed E-state index contributed by atoms with van der Waals surface area (Å²) in [5.74, 6) is 0. The lowest BCUT2D eigenvalue weighted by Gasteiger charge is -2.20. The zero-order valence-corrected chi connectivity index (χ0v) is 14.1. The number of nitrogens with zero attached hydrogens (tertiary/aromatic N) is 2. The summed E-state index contributed by atoms with van der Waals surface area (Å²) in [5, 5.41) is 8.11. The molecule has 0 fully saturated rings. The highest BCUT2D eigenvalue weighted by Gasteiger charge is 2.09. The van der Waals surface area contributed by atoms with Crippen molar-refractivity contribution in [3.05, 3.63) is 52.3 Å². The lowest BCUT2D eigenvalue weighted by atomic mass is 10.1. The predicted molar refractivity (Wildman–Crippen MR) is 88.6 cm³/mol. The lowest BCUT2D eigenvalue weighted by molar-refractivity contribution is 0.424. The molecule has 2 aromatic rings. The monoisotopic (exact) mass is 285 g/mol. The van der Waals surface area contributed by atoms with Crippen LogP contribution in [-0.2, 0) is 13.1 Å². The van der Waals surface area contributed by atoms with Gasteiger partial charge in [0.05, 0.1) is 12.2 Å². The molecule has 0 amide bonds. The van der Waals surface area contributed by atoms with Crippen LogP contribution in [0.25, 0.3) is 0 Å². The fraction of sp³-hybridized carbons (Fsp3) is 0.500. The molecule has 0 unspecified atom stereocenters. The molecule has 1 N–H and O–H groups in total. The van der Waals surface area contributed by atoms with Gasteiger partial charge in [0.2, 0.25) is 0 Å². The van der Waals surface area contributed by atoms with Crippen LogP contribution in [0.15, 0.2) is 24.3 Å². The molecule has 0 spiro atoms. The minimum Gasteiger partial charge on any atom is -0.308 e. The summed E-state index contributed by atoms with van der Waals surface area (Å²) < 4.78 is 2.09. The van der Waals surface area contributed by atoms with E-state index in [1.807, 2.05) is 0 Å². The van der Waals surface area contributed by atoms with E-state index in [4.69, 9.17) is 0 Å². The molecule has 0 bridgehead atoms. The van der Waals surface area contributed by atoms with Crippen LogP contribution in [0.3, 0.4) is 0 Å². The SMILES string of the molecule is Cc1nn(Cc2ccc(CNC(C)(C)C)cc2)c(C)c1C. The van der Waals surface area contributed by atoms with Crippen LogP contribution in [0.2, 0.25) is 0 Å². The molecule has 0 saturated carbocycles. The number of hydrogen-bond donors (Lipinski definition) is 1. The van der Waals surface area contributed by atoms with Gasteiger partial charge in [0, 0.05) is 17.8 Å². The highest BCUT2D eigenvalue weighted by atomic mass is 15.3. The van der Waals surface area contributed by atoms with Gasteiger partial charge in [-0.25, -0.2) is 0 Å². The number of nitrogens with one attached hydrogen (secondary N) is 1. The number of benzene rings is 1. The highest BCUT2D eigenvalue weighted by molar-refractivity contribution is 5.26. The Morgan fingerprint density at radius 3 is 2.05 bits per heavy atom. The standard InChI is InChI=1S/C18H27N3/c1-13-14(2)20-21(15(13)3)12-17-9-7-16(8-10-17)11-19-18(4,5)6/h7-10,19H,11-12H2,1-6H3. The third-order valence-electron chi connectivity index (χ3n) is 3.92. The van der Waals surface area contributed by atoms with Crippen molar-refractivity contribution in [1.82, 2.24) is 15.1 Å². The summed E-state index contributed by atoms with van der Waals surface area (Å²) in [5.41, 5.74) is 6.43. The summed E-state index contributed by atoms with van der Waals surface area (Å²) in [6, 6.07) is 8.80. The molecule has 3 heteroatoms. The molecule has 0 aliphatic carbocycles. The summed E-state index contributed by atoms with van der Waals surface area (Å²) in [7, 11) is 0. The Balaban J connectivity index is 2.04. The van der Waals surface area contributed by atoms with Crippen LogP contribution < -0.4 is 5.32 Å². The van der Waals surface area contributed by atoms with Crippen molar-refractivity contribution >= 4 is 0 Å². The fourth-order valence-corrected chi connectivity index (χ4v) is 2.24. The summed E-state index contributed by atoms with van der Waals surface area (Å²) >= 11 is 0. The number of aromatic nitrogens is 2. The summed E-state index contributed by atoms with van der Waals surface area (Å²) in [4.78, 5) is 0. The van der Waals surface area contributed by atoms with E-state index in [-0.39, 0.29) is 5.54 Å². The van der Waals surface area contributed by atoms with Gasteiger partial charge < -0.3 is 5.32 Å². The lowest BCUT2D eigenvalue weighted by Crippen LogP contribution is -2.35. The topological polar surface area (TPSA) is 29.9 Å². The zero-order valence-electron chi connectivity index (χ0n) is 14.1. The van der Waals surface area contributed by atoms with Gasteiger partial charge in [0.1, 0.15) is 0 Å². The molecule has 0 radical (unpaired) electrons. The third-order valence-corrected chi connectivity index (χ3v) is 3.92. The highest BCUT2D eigenvalue weighted by Crippen LogP contribution is 2.14. The fourth-order valence-electron chi connectivity index (χ4n) is 2.24. The van der Waals surface area contributed by atoms with E-state index in [1.165, 1.54) is 22.4 Å². The van der Waals surface area contributed by atoms with Gasteiger partial charge in [-0.3, -0.25) is 4.68 Å². The summed E-state index contributed by atoms with van der Waals surface area (Å²) in [6.45, 7) is 14.6. The largest absolute Gasteiger partial charge is 0.308 e. The molecule has 1 aromatic carbocycles. The van der Waals surface area contributed by atoms with Crippen molar-refractivity contribution < 1.29 is 0 Å². The van der Waals surface area contributed by atoms with Crippen LogP contribution in [0.5, 0.6) is 0 Å². The smallest absolute Gasteiger partial charge is 0.0662 e. The van der Waals surface area contributed by atoms with Crippen LogP contribution in [0.1, 0.15) is 48.8 Å². The molecule has 0 aliphatic rings. The van der Waals surface area contributed by atoms with Crippen molar-refractivity contribution in [2.75, 3.05) is 0 Å². The molecule has 1 aromatic heterocycles. The third kappa shape index (κ3) is 4.18. The van der Waals surface area contributed by atoms with Crippen LogP contribution in [-0.4, -0.2) is 15.3 Å². The second-order valence-electron chi connectivity index (χ2n) is 6.87. The summed E-state index contributed by atoms with van der Waals surface area (Å²) in [6.07, 6.45) is 0. The molecule has 2 rings (SSSR count). The van der Waals surface area contributed by atoms with Crippen molar-refractivity contribution in [2.45, 2.75) is 60.2 Å². The molecule has 21 heavy (non-hydrogen) atoms. The van der Waals surface area contributed by atoms with Crippen LogP contribution >= 0.6 is 0 Å². The molecule has 1 heterocycles. The molecular formula is C18H27N3. The quantitative estimate of drug-likeness (QED) is 0.927. The van der Waals surface area contributed by atoms with Gasteiger partial charge in [-0.1, -0.05) is 24.3 Å². The van der Waals surface area contributed by atoms with Crippen molar-refractivity contribution in [2.24, 2.45) is 0 Å². The molecular weight excluding hydrogens is 258 g/mol. The minimum atomic E-state index is 0.153. The van der Waals surface area contributed by atoms with E-state index in [0.717, 1.165) is 18.8 Å². The van der Waals surface area contributed by atoms with Crippen LogP contribution in [0, 0.1) is 20.8 Å². The average molecular weight is 285 g/mol. The molecule has 114 valence electrons. The van der Waals surface area contributed by atoms with Gasteiger partial charge in [0.25, 0.3) is 0 Å². The maximum atomic E-state index is 4.60. The van der Waals surface area contributed by atoms with Crippen LogP contribution in [0.4, 0.5) is 0 Å². The van der Waals surface area contributed by atoms with E-state index in [0.29, 0.717) is 0 Å². The first kappa shape index (κ1) is 15.8. The zero-order chi connectivity index (χ0) is 15.6. The Labute approximate surface area is 128 Å². The Morgan fingerprint density at radius 1 is 1.00 bits per heavy atom. The Hall–Kier alpha value is -1.61. The Kier molecular flexibility index (Phi) is 4.52. The van der Waals surface area contributed by atoms with E-state index in [9.17, 15) is 0 Å². The van der Waals surface area contributed by atoms with Gasteiger partial charge >= 0.3 is 0 Å².